The summed E-state index contributed by atoms with van der Waals surface area (Å²) in [4.78, 5) is 10.9. The van der Waals surface area contributed by atoms with E-state index in [0.29, 0.717) is 6.42 Å². The van der Waals surface area contributed by atoms with Crippen molar-refractivity contribution in [2.75, 3.05) is 7.11 Å². The van der Waals surface area contributed by atoms with E-state index < -0.39 is 0 Å². The Hall–Kier alpha value is -0.970. The summed E-state index contributed by atoms with van der Waals surface area (Å²) in [5.74, 6) is 6.43. The first-order valence-corrected chi connectivity index (χ1v) is 7.83. The van der Waals surface area contributed by atoms with Crippen LogP contribution in [-0.4, -0.2) is 13.1 Å². The van der Waals surface area contributed by atoms with Gasteiger partial charge in [0.1, 0.15) is 0 Å². The van der Waals surface area contributed by atoms with Crippen molar-refractivity contribution in [3.05, 3.63) is 0 Å². The van der Waals surface area contributed by atoms with E-state index in [2.05, 4.69) is 23.5 Å². The smallest absolute Gasteiger partial charge is 0.305 e. The van der Waals surface area contributed by atoms with Crippen molar-refractivity contribution in [1.82, 2.24) is 0 Å². The molecule has 0 amide bonds. The van der Waals surface area contributed by atoms with Crippen molar-refractivity contribution in [3.63, 3.8) is 0 Å². The molecule has 0 unspecified atom stereocenters. The first-order valence-electron chi connectivity index (χ1n) is 7.83. The van der Waals surface area contributed by atoms with Gasteiger partial charge in [0.15, 0.2) is 0 Å². The molecule has 2 heteroatoms. The van der Waals surface area contributed by atoms with Crippen LogP contribution in [0.2, 0.25) is 0 Å². The lowest BCUT2D eigenvalue weighted by Crippen LogP contribution is -1.99. The summed E-state index contributed by atoms with van der Waals surface area (Å²) in [5.41, 5.74) is 0. The maximum absolute atomic E-state index is 10.9. The molecule has 110 valence electrons. The van der Waals surface area contributed by atoms with Crippen molar-refractivity contribution in [3.8, 4) is 11.8 Å². The Morgan fingerprint density at radius 1 is 0.842 bits per heavy atom. The lowest BCUT2D eigenvalue weighted by atomic mass is 10.1. The molecule has 19 heavy (non-hydrogen) atoms. The molecule has 0 fully saturated rings. The average molecular weight is 266 g/mol. The van der Waals surface area contributed by atoms with Crippen LogP contribution in [0.15, 0.2) is 0 Å². The third kappa shape index (κ3) is 15.0. The number of unbranched alkanes of at least 4 members (excludes halogenated alkanes) is 9. The summed E-state index contributed by atoms with van der Waals surface area (Å²) < 4.78 is 4.60. The van der Waals surface area contributed by atoms with E-state index in [0.717, 1.165) is 25.7 Å². The van der Waals surface area contributed by atoms with Crippen molar-refractivity contribution in [2.24, 2.45) is 0 Å². The number of carbonyl (C=O) groups excluding carboxylic acids is 1. The molecular weight excluding hydrogens is 236 g/mol. The molecule has 0 aliphatic rings. The second-order valence-corrected chi connectivity index (χ2v) is 5.01. The minimum absolute atomic E-state index is 0.0889. The maximum atomic E-state index is 10.9. The van der Waals surface area contributed by atoms with Gasteiger partial charge in [0.25, 0.3) is 0 Å². The molecule has 0 aromatic rings. The molecule has 0 bridgehead atoms. The molecule has 0 radical (unpaired) electrons. The van der Waals surface area contributed by atoms with E-state index in [1.807, 2.05) is 0 Å². The SMILES string of the molecule is CCCCCCC#CCCCCCCCC(=O)OC. The third-order valence-corrected chi connectivity index (χ3v) is 3.19. The van der Waals surface area contributed by atoms with Crippen LogP contribution in [0.1, 0.15) is 84.0 Å². The van der Waals surface area contributed by atoms with Crippen LogP contribution in [0.5, 0.6) is 0 Å². The molecule has 0 saturated heterocycles. The lowest BCUT2D eigenvalue weighted by molar-refractivity contribution is -0.140. The number of hydrogen-bond donors (Lipinski definition) is 0. The van der Waals surface area contributed by atoms with Crippen LogP contribution in [0.3, 0.4) is 0 Å². The maximum Gasteiger partial charge on any atom is 0.305 e. The Morgan fingerprint density at radius 3 is 1.95 bits per heavy atom. The summed E-state index contributed by atoms with van der Waals surface area (Å²) in [6, 6.07) is 0. The highest BCUT2D eigenvalue weighted by Gasteiger charge is 1.98. The Kier molecular flexibility index (Phi) is 14.3. The first-order chi connectivity index (χ1) is 9.31. The van der Waals surface area contributed by atoms with Crippen molar-refractivity contribution < 1.29 is 9.53 Å². The van der Waals surface area contributed by atoms with Crippen LogP contribution < -0.4 is 0 Å². The fourth-order valence-corrected chi connectivity index (χ4v) is 1.93. The lowest BCUT2D eigenvalue weighted by Gasteiger charge is -1.99. The van der Waals surface area contributed by atoms with E-state index in [1.54, 1.807) is 0 Å². The quantitative estimate of drug-likeness (QED) is 0.303. The van der Waals surface area contributed by atoms with Gasteiger partial charge in [-0.05, 0) is 19.3 Å². The van der Waals surface area contributed by atoms with Gasteiger partial charge in [-0.1, -0.05) is 45.4 Å². The van der Waals surface area contributed by atoms with Gasteiger partial charge in [-0.3, -0.25) is 4.79 Å². The molecule has 0 saturated carbocycles. The molecular formula is C17H30O2. The molecule has 0 heterocycles. The molecule has 2 nitrogen and oxygen atoms in total. The standard InChI is InChI=1S/C17H30O2/c1-3-4-5-6-7-8-9-10-11-12-13-14-15-16-17(18)19-2/h3-7,10-16H2,1-2H3. The molecule has 0 rings (SSSR count). The summed E-state index contributed by atoms with van der Waals surface area (Å²) in [7, 11) is 1.45. The zero-order chi connectivity index (χ0) is 14.2. The molecule has 0 aliphatic carbocycles. The zero-order valence-electron chi connectivity index (χ0n) is 12.8. The molecule has 0 aliphatic heterocycles. The predicted molar refractivity (Wildman–Crippen MR) is 80.9 cm³/mol. The number of hydrogen-bond acceptors (Lipinski definition) is 2. The van der Waals surface area contributed by atoms with Gasteiger partial charge < -0.3 is 4.74 Å². The predicted octanol–water partition coefficient (Wildman–Crippen LogP) is 4.86. The van der Waals surface area contributed by atoms with Gasteiger partial charge in [0.2, 0.25) is 0 Å². The van der Waals surface area contributed by atoms with Crippen LogP contribution >= 0.6 is 0 Å². The van der Waals surface area contributed by atoms with Crippen LogP contribution in [-0.2, 0) is 9.53 Å². The number of ether oxygens (including phenoxy) is 1. The van der Waals surface area contributed by atoms with Gasteiger partial charge in [0, 0.05) is 19.3 Å². The Labute approximate surface area is 119 Å². The van der Waals surface area contributed by atoms with E-state index >= 15 is 0 Å². The van der Waals surface area contributed by atoms with Crippen LogP contribution in [0, 0.1) is 11.8 Å². The van der Waals surface area contributed by atoms with Gasteiger partial charge in [0.05, 0.1) is 7.11 Å². The second-order valence-electron chi connectivity index (χ2n) is 5.01. The highest BCUT2D eigenvalue weighted by Crippen LogP contribution is 2.07. The topological polar surface area (TPSA) is 26.3 Å². The largest absolute Gasteiger partial charge is 0.469 e. The van der Waals surface area contributed by atoms with Crippen LogP contribution in [0.4, 0.5) is 0 Å². The van der Waals surface area contributed by atoms with Gasteiger partial charge in [-0.15, -0.1) is 11.8 Å². The Bertz CT molecular complexity index is 260. The van der Waals surface area contributed by atoms with Crippen molar-refractivity contribution in [1.29, 1.82) is 0 Å². The summed E-state index contributed by atoms with van der Waals surface area (Å²) >= 11 is 0. The first kappa shape index (κ1) is 18.0. The third-order valence-electron chi connectivity index (χ3n) is 3.19. The molecule has 0 atom stereocenters. The van der Waals surface area contributed by atoms with E-state index in [4.69, 9.17) is 0 Å². The average Bonchev–Trinajstić information content (AvgIpc) is 2.43. The Morgan fingerprint density at radius 2 is 1.37 bits per heavy atom. The summed E-state index contributed by atoms with van der Waals surface area (Å²) in [6.07, 6.45) is 13.6. The minimum Gasteiger partial charge on any atom is -0.469 e. The monoisotopic (exact) mass is 266 g/mol. The molecule has 0 aromatic heterocycles. The van der Waals surface area contributed by atoms with Gasteiger partial charge in [-0.25, -0.2) is 0 Å². The summed E-state index contributed by atoms with van der Waals surface area (Å²) in [5, 5.41) is 0. The van der Waals surface area contributed by atoms with E-state index in [1.165, 1.54) is 52.1 Å². The van der Waals surface area contributed by atoms with Crippen molar-refractivity contribution >= 4 is 5.97 Å². The Balaban J connectivity index is 3.14. The van der Waals surface area contributed by atoms with E-state index in [9.17, 15) is 4.79 Å². The molecule has 0 aromatic carbocycles. The number of carbonyl (C=O) groups is 1. The summed E-state index contributed by atoms with van der Waals surface area (Å²) in [6.45, 7) is 2.23. The fraction of sp³-hybridized carbons (Fsp3) is 0.824. The highest BCUT2D eigenvalue weighted by molar-refractivity contribution is 5.68. The fourth-order valence-electron chi connectivity index (χ4n) is 1.93. The minimum atomic E-state index is -0.0889. The second kappa shape index (κ2) is 15.1. The van der Waals surface area contributed by atoms with Gasteiger partial charge >= 0.3 is 5.97 Å². The number of rotatable bonds is 11. The molecule has 0 N–H and O–H groups in total. The van der Waals surface area contributed by atoms with Gasteiger partial charge in [-0.2, -0.15) is 0 Å². The van der Waals surface area contributed by atoms with E-state index in [-0.39, 0.29) is 5.97 Å². The highest BCUT2D eigenvalue weighted by atomic mass is 16.5. The molecule has 0 spiro atoms. The zero-order valence-corrected chi connectivity index (χ0v) is 12.8. The number of methoxy groups -OCH3 is 1. The van der Waals surface area contributed by atoms with Crippen LogP contribution in [0.25, 0.3) is 0 Å². The van der Waals surface area contributed by atoms with Crippen molar-refractivity contribution in [2.45, 2.75) is 84.0 Å². The normalized spacial score (nSPS) is 9.79. The number of esters is 1.